The van der Waals surface area contributed by atoms with Gasteiger partial charge in [-0.2, -0.15) is 0 Å². The summed E-state index contributed by atoms with van der Waals surface area (Å²) in [6.07, 6.45) is 0.692. The SMILES string of the molecule is COc1cc(N)c(Cl)cc1C(=O)NCC1CCN(C(C)C(NC(=O)O)c2ccc(Cl)cc2)CC1. The molecule has 1 aliphatic rings. The van der Waals surface area contributed by atoms with E-state index in [4.69, 9.17) is 33.7 Å². The van der Waals surface area contributed by atoms with E-state index < -0.39 is 6.09 Å². The molecule has 3 rings (SSSR count). The number of hydrogen-bond acceptors (Lipinski definition) is 5. The number of piperidine rings is 1. The standard InChI is InChI=1S/C24H30Cl2N4O4/c1-14(22(29-24(32)33)16-3-5-17(25)6-4-16)30-9-7-15(8-10-30)13-28-23(31)18-11-19(26)20(27)12-21(18)34-2/h3-6,11-12,14-15,22,29H,7-10,13,27H2,1-2H3,(H,28,31)(H,32,33). The number of nitrogens with two attached hydrogens (primary N) is 1. The molecule has 2 aromatic carbocycles. The zero-order chi connectivity index (χ0) is 24.8. The number of carbonyl (C=O) groups is 2. The molecule has 2 amide bonds. The molecule has 2 aromatic rings. The summed E-state index contributed by atoms with van der Waals surface area (Å²) in [7, 11) is 1.48. The first kappa shape index (κ1) is 25.9. The average molecular weight is 509 g/mol. The van der Waals surface area contributed by atoms with E-state index in [0.29, 0.717) is 39.5 Å². The zero-order valence-corrected chi connectivity index (χ0v) is 20.7. The average Bonchev–Trinajstić information content (AvgIpc) is 2.82. The molecule has 0 aliphatic carbocycles. The Balaban J connectivity index is 1.57. The van der Waals surface area contributed by atoms with Gasteiger partial charge < -0.3 is 26.2 Å². The fraction of sp³-hybridized carbons (Fsp3) is 0.417. The van der Waals surface area contributed by atoms with Crippen LogP contribution < -0.4 is 21.1 Å². The summed E-state index contributed by atoms with van der Waals surface area (Å²) >= 11 is 12.1. The van der Waals surface area contributed by atoms with Crippen LogP contribution >= 0.6 is 23.2 Å². The molecule has 0 bridgehead atoms. The Bertz CT molecular complexity index is 1010. The maximum atomic E-state index is 12.7. The van der Waals surface area contributed by atoms with Crippen LogP contribution in [0, 0.1) is 5.92 Å². The molecular weight excluding hydrogens is 479 g/mol. The van der Waals surface area contributed by atoms with E-state index in [1.807, 2.05) is 19.1 Å². The number of ether oxygens (including phenoxy) is 1. The molecule has 8 nitrogen and oxygen atoms in total. The summed E-state index contributed by atoms with van der Waals surface area (Å²) in [5.41, 5.74) is 7.36. The summed E-state index contributed by atoms with van der Waals surface area (Å²) < 4.78 is 5.27. The van der Waals surface area contributed by atoms with E-state index >= 15 is 0 Å². The number of amides is 2. The lowest BCUT2D eigenvalue weighted by atomic mass is 9.92. The summed E-state index contributed by atoms with van der Waals surface area (Å²) in [6.45, 7) is 4.14. The van der Waals surface area contributed by atoms with Crippen LogP contribution in [0.3, 0.4) is 0 Å². The number of nitrogens with zero attached hydrogens (tertiary/aromatic N) is 1. The third-order valence-electron chi connectivity index (χ3n) is 6.33. The number of likely N-dealkylation sites (tertiary alicyclic amines) is 1. The van der Waals surface area contributed by atoms with Crippen molar-refractivity contribution in [3.63, 3.8) is 0 Å². The number of rotatable bonds is 8. The second kappa shape index (κ2) is 11.6. The number of hydrogen-bond donors (Lipinski definition) is 4. The molecule has 10 heteroatoms. The largest absolute Gasteiger partial charge is 0.496 e. The molecule has 1 aliphatic heterocycles. The van der Waals surface area contributed by atoms with Crippen molar-refractivity contribution in [2.24, 2.45) is 5.92 Å². The van der Waals surface area contributed by atoms with Crippen molar-refractivity contribution in [3.05, 3.63) is 57.6 Å². The van der Waals surface area contributed by atoms with Gasteiger partial charge in [0.2, 0.25) is 0 Å². The number of anilines is 1. The Morgan fingerprint density at radius 2 is 1.85 bits per heavy atom. The maximum absolute atomic E-state index is 12.7. The molecule has 0 aromatic heterocycles. The minimum atomic E-state index is -1.07. The lowest BCUT2D eigenvalue weighted by molar-refractivity contribution is 0.0909. The predicted octanol–water partition coefficient (Wildman–Crippen LogP) is 4.42. The molecule has 1 saturated heterocycles. The molecule has 1 fully saturated rings. The van der Waals surface area contributed by atoms with Crippen molar-refractivity contribution >= 4 is 40.9 Å². The smallest absolute Gasteiger partial charge is 0.405 e. The van der Waals surface area contributed by atoms with Crippen LogP contribution in [0.15, 0.2) is 36.4 Å². The Hall–Kier alpha value is -2.68. The van der Waals surface area contributed by atoms with Gasteiger partial charge in [0.1, 0.15) is 5.75 Å². The summed E-state index contributed by atoms with van der Waals surface area (Å²) in [5.74, 6) is 0.425. The molecule has 34 heavy (non-hydrogen) atoms. The highest BCUT2D eigenvalue weighted by atomic mass is 35.5. The van der Waals surface area contributed by atoms with Crippen LogP contribution in [0.1, 0.15) is 41.7 Å². The van der Waals surface area contributed by atoms with Gasteiger partial charge in [0.25, 0.3) is 5.91 Å². The van der Waals surface area contributed by atoms with E-state index in [1.165, 1.54) is 13.2 Å². The first-order chi connectivity index (χ1) is 16.2. The van der Waals surface area contributed by atoms with Gasteiger partial charge in [0, 0.05) is 23.7 Å². The number of nitrogens with one attached hydrogen (secondary N) is 2. The quantitative estimate of drug-likeness (QED) is 0.392. The molecule has 0 radical (unpaired) electrons. The Morgan fingerprint density at radius 1 is 1.21 bits per heavy atom. The van der Waals surface area contributed by atoms with Crippen molar-refractivity contribution in [3.8, 4) is 5.75 Å². The predicted molar refractivity (Wildman–Crippen MR) is 134 cm³/mol. The normalized spacial score (nSPS) is 16.5. The van der Waals surface area contributed by atoms with Gasteiger partial charge in [-0.05, 0) is 62.5 Å². The van der Waals surface area contributed by atoms with Crippen LogP contribution in [0.2, 0.25) is 10.0 Å². The monoisotopic (exact) mass is 508 g/mol. The highest BCUT2D eigenvalue weighted by Gasteiger charge is 2.30. The first-order valence-electron chi connectivity index (χ1n) is 11.1. The Kier molecular flexibility index (Phi) is 8.88. The van der Waals surface area contributed by atoms with Crippen LogP contribution in [-0.2, 0) is 0 Å². The Labute approximate surface area is 209 Å². The van der Waals surface area contributed by atoms with Crippen molar-refractivity contribution in [2.75, 3.05) is 32.5 Å². The maximum Gasteiger partial charge on any atom is 0.405 e. The lowest BCUT2D eigenvalue weighted by Crippen LogP contribution is -2.48. The highest BCUT2D eigenvalue weighted by molar-refractivity contribution is 6.33. The topological polar surface area (TPSA) is 117 Å². The third kappa shape index (κ3) is 6.46. The number of carbonyl (C=O) groups excluding carboxylic acids is 1. The molecule has 5 N–H and O–H groups in total. The molecule has 1 heterocycles. The van der Waals surface area contributed by atoms with Crippen molar-refractivity contribution in [1.82, 2.24) is 15.5 Å². The van der Waals surface area contributed by atoms with Gasteiger partial charge in [-0.15, -0.1) is 0 Å². The van der Waals surface area contributed by atoms with Crippen LogP contribution in [-0.4, -0.2) is 54.8 Å². The van der Waals surface area contributed by atoms with Gasteiger partial charge in [-0.3, -0.25) is 9.69 Å². The molecule has 0 spiro atoms. The van der Waals surface area contributed by atoms with E-state index in [1.54, 1.807) is 18.2 Å². The van der Waals surface area contributed by atoms with E-state index in [0.717, 1.165) is 31.5 Å². The summed E-state index contributed by atoms with van der Waals surface area (Å²) in [5, 5.41) is 15.9. The van der Waals surface area contributed by atoms with Crippen molar-refractivity contribution in [2.45, 2.75) is 31.8 Å². The van der Waals surface area contributed by atoms with Gasteiger partial charge in [-0.1, -0.05) is 35.3 Å². The van der Waals surface area contributed by atoms with E-state index in [9.17, 15) is 14.7 Å². The summed E-state index contributed by atoms with van der Waals surface area (Å²) in [4.78, 5) is 26.4. The number of carboxylic acid groups (broad SMARTS) is 1. The number of benzene rings is 2. The van der Waals surface area contributed by atoms with Gasteiger partial charge >= 0.3 is 6.09 Å². The van der Waals surface area contributed by atoms with E-state index in [-0.39, 0.29) is 18.0 Å². The number of methoxy groups -OCH3 is 1. The van der Waals surface area contributed by atoms with Crippen molar-refractivity contribution in [1.29, 1.82) is 0 Å². The third-order valence-corrected chi connectivity index (χ3v) is 6.91. The highest BCUT2D eigenvalue weighted by Crippen LogP contribution is 2.30. The summed E-state index contributed by atoms with van der Waals surface area (Å²) in [6, 6.07) is 9.85. The van der Waals surface area contributed by atoms with Gasteiger partial charge in [0.05, 0.1) is 29.4 Å². The second-order valence-corrected chi connectivity index (χ2v) is 9.33. The van der Waals surface area contributed by atoms with Crippen molar-refractivity contribution < 1.29 is 19.4 Å². The van der Waals surface area contributed by atoms with Gasteiger partial charge in [-0.25, -0.2) is 4.79 Å². The minimum absolute atomic E-state index is 0.0472. The molecule has 2 atom stereocenters. The first-order valence-corrected chi connectivity index (χ1v) is 11.8. The lowest BCUT2D eigenvalue weighted by Gasteiger charge is -2.39. The molecule has 2 unspecified atom stereocenters. The van der Waals surface area contributed by atoms with Crippen LogP contribution in [0.25, 0.3) is 0 Å². The number of nitrogen functional groups attached to an aromatic ring is 1. The fourth-order valence-corrected chi connectivity index (χ4v) is 4.60. The van der Waals surface area contributed by atoms with Crippen LogP contribution in [0.4, 0.5) is 10.5 Å². The number of halogens is 2. The minimum Gasteiger partial charge on any atom is -0.496 e. The zero-order valence-electron chi connectivity index (χ0n) is 19.2. The fourth-order valence-electron chi connectivity index (χ4n) is 4.31. The second-order valence-electron chi connectivity index (χ2n) is 8.48. The van der Waals surface area contributed by atoms with E-state index in [2.05, 4.69) is 15.5 Å². The molecular formula is C24H30Cl2N4O4. The van der Waals surface area contributed by atoms with Crippen LogP contribution in [0.5, 0.6) is 5.75 Å². The van der Waals surface area contributed by atoms with Gasteiger partial charge in [0.15, 0.2) is 0 Å². The Morgan fingerprint density at radius 3 is 2.44 bits per heavy atom. The molecule has 0 saturated carbocycles. The molecule has 184 valence electrons.